The summed E-state index contributed by atoms with van der Waals surface area (Å²) in [5.41, 5.74) is 5.27. The first-order chi connectivity index (χ1) is 17.8. The fourth-order valence-corrected chi connectivity index (χ4v) is 14.3. The normalized spacial score (nSPS) is 18.2. The molecular formula is C34H47NOSi. The van der Waals surface area contributed by atoms with E-state index < -0.39 is 13.6 Å². The maximum Gasteiger partial charge on any atom is 0.0976 e. The molecule has 1 aliphatic heterocycles. The minimum atomic E-state index is -1.76. The van der Waals surface area contributed by atoms with Gasteiger partial charge in [-0.3, -0.25) is 4.90 Å². The monoisotopic (exact) mass is 513 g/mol. The van der Waals surface area contributed by atoms with E-state index in [0.717, 1.165) is 25.4 Å². The zero-order valence-electron chi connectivity index (χ0n) is 23.8. The van der Waals surface area contributed by atoms with Gasteiger partial charge in [0.1, 0.15) is 0 Å². The third-order valence-electron chi connectivity index (χ3n) is 9.54. The quantitative estimate of drug-likeness (QED) is 0.217. The molecule has 0 aliphatic carbocycles. The number of aliphatic hydroxyl groups is 1. The van der Waals surface area contributed by atoms with E-state index in [1.165, 1.54) is 16.7 Å². The van der Waals surface area contributed by atoms with Gasteiger partial charge in [-0.1, -0.05) is 149 Å². The number of aliphatic hydroxyl groups excluding tert-OH is 1. The van der Waals surface area contributed by atoms with Crippen LogP contribution in [0.5, 0.6) is 0 Å². The van der Waals surface area contributed by atoms with Crippen molar-refractivity contribution in [1.29, 1.82) is 0 Å². The summed E-state index contributed by atoms with van der Waals surface area (Å²) in [6, 6.07) is 34.0. The molecule has 0 spiro atoms. The summed E-state index contributed by atoms with van der Waals surface area (Å²) in [6.45, 7) is 15.4. The van der Waals surface area contributed by atoms with Gasteiger partial charge in [0.2, 0.25) is 0 Å². The smallest absolute Gasteiger partial charge is 0.0976 e. The molecule has 0 radical (unpaired) electrons. The second-order valence-corrected chi connectivity index (χ2v) is 18.2. The van der Waals surface area contributed by atoms with Crippen LogP contribution in [0.15, 0.2) is 91.0 Å². The van der Waals surface area contributed by atoms with Crippen molar-refractivity contribution in [3.8, 4) is 0 Å². The third kappa shape index (κ3) is 4.98. The number of likely N-dealkylation sites (tertiary alicyclic amines) is 1. The van der Waals surface area contributed by atoms with Crippen molar-refractivity contribution in [3.05, 3.63) is 108 Å². The lowest BCUT2D eigenvalue weighted by Crippen LogP contribution is -2.56. The Labute approximate surface area is 226 Å². The lowest BCUT2D eigenvalue weighted by Gasteiger charge is -2.50. The molecule has 1 saturated heterocycles. The summed E-state index contributed by atoms with van der Waals surface area (Å²) in [5.74, 6) is 0. The Morgan fingerprint density at radius 1 is 0.703 bits per heavy atom. The zero-order chi connectivity index (χ0) is 26.6. The van der Waals surface area contributed by atoms with Gasteiger partial charge < -0.3 is 5.11 Å². The molecule has 3 aromatic rings. The van der Waals surface area contributed by atoms with E-state index >= 15 is 0 Å². The van der Waals surface area contributed by atoms with Crippen molar-refractivity contribution < 1.29 is 5.11 Å². The van der Waals surface area contributed by atoms with Crippen molar-refractivity contribution in [2.45, 2.75) is 94.7 Å². The molecule has 2 atom stereocenters. The third-order valence-corrected chi connectivity index (χ3v) is 17.1. The van der Waals surface area contributed by atoms with Gasteiger partial charge >= 0.3 is 0 Å². The number of benzene rings is 3. The predicted octanol–water partition coefficient (Wildman–Crippen LogP) is 8.48. The topological polar surface area (TPSA) is 23.5 Å². The SMILES string of the molecule is CC(C)[Si](C[C@@H](O)[C@@H]1CCCN1C(c1ccccc1)(c1ccccc1)c1ccccc1)(C(C)C)C(C)C. The summed E-state index contributed by atoms with van der Waals surface area (Å²) in [5, 5.41) is 12.2. The minimum Gasteiger partial charge on any atom is -0.392 e. The lowest BCUT2D eigenvalue weighted by atomic mass is 9.75. The van der Waals surface area contributed by atoms with E-state index in [1.807, 2.05) is 0 Å². The Bertz CT molecular complexity index is 978. The van der Waals surface area contributed by atoms with Gasteiger partial charge in [-0.25, -0.2) is 0 Å². The van der Waals surface area contributed by atoms with Crippen LogP contribution in [0.1, 0.15) is 71.1 Å². The van der Waals surface area contributed by atoms with Crippen LogP contribution in [0.4, 0.5) is 0 Å². The first-order valence-corrected chi connectivity index (χ1v) is 16.8. The van der Waals surface area contributed by atoms with Gasteiger partial charge in [0.05, 0.1) is 19.7 Å². The summed E-state index contributed by atoms with van der Waals surface area (Å²) in [4.78, 5) is 2.66. The summed E-state index contributed by atoms with van der Waals surface area (Å²) < 4.78 is 0. The van der Waals surface area contributed by atoms with Gasteiger partial charge in [0.15, 0.2) is 0 Å². The van der Waals surface area contributed by atoms with Gasteiger partial charge in [-0.15, -0.1) is 0 Å². The van der Waals surface area contributed by atoms with Gasteiger partial charge in [0.25, 0.3) is 0 Å². The van der Waals surface area contributed by atoms with Crippen LogP contribution in [-0.2, 0) is 5.54 Å². The van der Waals surface area contributed by atoms with Crippen LogP contribution < -0.4 is 0 Å². The summed E-state index contributed by atoms with van der Waals surface area (Å²) in [6.07, 6.45) is 1.81. The number of hydrogen-bond acceptors (Lipinski definition) is 2. The Morgan fingerprint density at radius 3 is 1.43 bits per heavy atom. The fourth-order valence-electron chi connectivity index (χ4n) is 7.85. The Kier molecular flexibility index (Phi) is 8.78. The van der Waals surface area contributed by atoms with E-state index in [4.69, 9.17) is 0 Å². The number of rotatable bonds is 10. The van der Waals surface area contributed by atoms with Crippen molar-refractivity contribution >= 4 is 8.07 Å². The molecule has 2 nitrogen and oxygen atoms in total. The van der Waals surface area contributed by atoms with E-state index in [-0.39, 0.29) is 12.1 Å². The molecule has 0 aromatic heterocycles. The predicted molar refractivity (Wildman–Crippen MR) is 161 cm³/mol. The molecule has 0 unspecified atom stereocenters. The van der Waals surface area contributed by atoms with Crippen LogP contribution in [0.3, 0.4) is 0 Å². The van der Waals surface area contributed by atoms with E-state index in [9.17, 15) is 5.11 Å². The van der Waals surface area contributed by atoms with Gasteiger partial charge in [-0.05, 0) is 35.6 Å². The molecule has 198 valence electrons. The first kappa shape index (κ1) is 27.8. The first-order valence-electron chi connectivity index (χ1n) is 14.4. The molecule has 1 heterocycles. The van der Waals surface area contributed by atoms with Crippen LogP contribution in [0.25, 0.3) is 0 Å². The summed E-state index contributed by atoms with van der Waals surface area (Å²) >= 11 is 0. The van der Waals surface area contributed by atoms with Crippen molar-refractivity contribution in [3.63, 3.8) is 0 Å². The molecular weight excluding hydrogens is 466 g/mol. The highest BCUT2D eigenvalue weighted by Crippen LogP contribution is 2.49. The standard InChI is InChI=1S/C34H47NOSi/c1-26(2)37(27(3)4,28(5)6)25-33(36)32-23-16-24-35(32)34(29-17-10-7-11-18-29,30-19-12-8-13-20-30)31-21-14-9-15-22-31/h7-15,17-22,26-28,32-33,36H,16,23-25H2,1-6H3/t32-,33+/m0/s1. The Balaban J connectivity index is 1.89. The molecule has 4 rings (SSSR count). The Morgan fingerprint density at radius 2 is 1.08 bits per heavy atom. The highest BCUT2D eigenvalue weighted by atomic mass is 28.3. The molecule has 0 bridgehead atoms. The molecule has 3 aromatic carbocycles. The van der Waals surface area contributed by atoms with Crippen LogP contribution in [0, 0.1) is 0 Å². The maximum absolute atomic E-state index is 12.2. The minimum absolute atomic E-state index is 0.115. The van der Waals surface area contributed by atoms with E-state index in [1.54, 1.807) is 0 Å². The highest BCUT2D eigenvalue weighted by Gasteiger charge is 2.51. The number of hydrogen-bond donors (Lipinski definition) is 1. The van der Waals surface area contributed by atoms with E-state index in [2.05, 4.69) is 137 Å². The average Bonchev–Trinajstić information content (AvgIpc) is 3.39. The molecule has 1 N–H and O–H groups in total. The van der Waals surface area contributed by atoms with Crippen molar-refractivity contribution in [2.75, 3.05) is 6.54 Å². The van der Waals surface area contributed by atoms with Crippen molar-refractivity contribution in [2.24, 2.45) is 0 Å². The molecule has 3 heteroatoms. The highest BCUT2D eigenvalue weighted by molar-refractivity contribution is 6.83. The Hall–Kier alpha value is -2.20. The van der Waals surface area contributed by atoms with Gasteiger partial charge in [-0.2, -0.15) is 0 Å². The lowest BCUT2D eigenvalue weighted by molar-refractivity contribution is 0.0422. The molecule has 0 amide bonds. The van der Waals surface area contributed by atoms with Crippen LogP contribution in [-0.4, -0.2) is 36.8 Å². The summed E-state index contributed by atoms with van der Waals surface area (Å²) in [7, 11) is -1.76. The average molecular weight is 514 g/mol. The fraction of sp³-hybridized carbons (Fsp3) is 0.471. The van der Waals surface area contributed by atoms with Crippen LogP contribution >= 0.6 is 0 Å². The molecule has 37 heavy (non-hydrogen) atoms. The van der Waals surface area contributed by atoms with E-state index in [0.29, 0.717) is 16.6 Å². The van der Waals surface area contributed by atoms with Crippen molar-refractivity contribution in [1.82, 2.24) is 4.90 Å². The largest absolute Gasteiger partial charge is 0.392 e. The van der Waals surface area contributed by atoms with Crippen LogP contribution in [0.2, 0.25) is 22.7 Å². The second-order valence-electron chi connectivity index (χ2n) is 12.1. The number of nitrogens with zero attached hydrogens (tertiary/aromatic N) is 1. The zero-order valence-corrected chi connectivity index (χ0v) is 24.8. The molecule has 1 aliphatic rings. The molecule has 0 saturated carbocycles. The maximum atomic E-state index is 12.2. The molecule has 1 fully saturated rings. The van der Waals surface area contributed by atoms with Gasteiger partial charge in [0, 0.05) is 12.6 Å². The second kappa shape index (κ2) is 11.7.